The number of piperidine rings is 1. The lowest BCUT2D eigenvalue weighted by Crippen LogP contribution is -2.51. The Bertz CT molecular complexity index is 315. The third-order valence-corrected chi connectivity index (χ3v) is 3.62. The van der Waals surface area contributed by atoms with Gasteiger partial charge in [0.1, 0.15) is 5.60 Å². The highest BCUT2D eigenvalue weighted by Gasteiger charge is 2.21. The second-order valence-electron chi connectivity index (χ2n) is 7.14. The normalized spacial score (nSPS) is 21.9. The molecule has 1 saturated heterocycles. The number of nitrogens with one attached hydrogen (secondary N) is 2. The zero-order valence-electron chi connectivity index (χ0n) is 14.4. The summed E-state index contributed by atoms with van der Waals surface area (Å²) in [6.45, 7) is 10.7. The van der Waals surface area contributed by atoms with Crippen LogP contribution in [0.25, 0.3) is 0 Å². The minimum atomic E-state index is -0.441. The molecule has 0 spiro atoms. The Kier molecular flexibility index (Phi) is 7.46. The van der Waals surface area contributed by atoms with E-state index in [9.17, 15) is 4.79 Å². The van der Waals surface area contributed by atoms with Crippen LogP contribution in [0.15, 0.2) is 0 Å². The number of carbonyl (C=O) groups excluding carboxylic acids is 1. The maximum absolute atomic E-state index is 11.7. The molecule has 1 amide bonds. The van der Waals surface area contributed by atoms with Gasteiger partial charge in [-0.05, 0) is 53.6 Å². The molecule has 0 radical (unpaired) electrons. The summed E-state index contributed by atoms with van der Waals surface area (Å²) in [7, 11) is 2.17. The Hall–Kier alpha value is -0.810. The predicted molar refractivity (Wildman–Crippen MR) is 86.6 cm³/mol. The molecule has 1 fully saturated rings. The summed E-state index contributed by atoms with van der Waals surface area (Å²) in [6, 6.07) is 0.847. The molecular weight excluding hydrogens is 266 g/mol. The Morgan fingerprint density at radius 2 is 2.14 bits per heavy atom. The van der Waals surface area contributed by atoms with Crippen molar-refractivity contribution < 1.29 is 9.53 Å². The van der Waals surface area contributed by atoms with Crippen LogP contribution in [0.4, 0.5) is 4.79 Å². The molecule has 21 heavy (non-hydrogen) atoms. The molecule has 1 aliphatic heterocycles. The number of nitrogens with zero attached hydrogens (tertiary/aromatic N) is 1. The SMILES string of the molecule is CCCC(CNC(=O)OC(C)(C)C)NC1CCCN(C)C1. The number of likely N-dealkylation sites (N-methyl/N-ethyl adjacent to an activating group) is 1. The number of hydrogen-bond acceptors (Lipinski definition) is 4. The lowest BCUT2D eigenvalue weighted by molar-refractivity contribution is 0.0519. The van der Waals surface area contributed by atoms with Crippen molar-refractivity contribution in [1.29, 1.82) is 0 Å². The Morgan fingerprint density at radius 1 is 1.43 bits per heavy atom. The lowest BCUT2D eigenvalue weighted by Gasteiger charge is -2.33. The van der Waals surface area contributed by atoms with Crippen molar-refractivity contribution >= 4 is 6.09 Å². The molecule has 0 aromatic heterocycles. The molecule has 1 aliphatic rings. The fourth-order valence-corrected chi connectivity index (χ4v) is 2.75. The van der Waals surface area contributed by atoms with Gasteiger partial charge in [-0.1, -0.05) is 13.3 Å². The summed E-state index contributed by atoms with van der Waals surface area (Å²) in [6.07, 6.45) is 4.31. The van der Waals surface area contributed by atoms with Gasteiger partial charge in [-0.15, -0.1) is 0 Å². The van der Waals surface area contributed by atoms with Crippen LogP contribution in [0.3, 0.4) is 0 Å². The zero-order valence-corrected chi connectivity index (χ0v) is 14.4. The molecule has 2 unspecified atom stereocenters. The van der Waals surface area contributed by atoms with E-state index in [2.05, 4.69) is 29.5 Å². The van der Waals surface area contributed by atoms with E-state index in [-0.39, 0.29) is 6.09 Å². The van der Waals surface area contributed by atoms with Gasteiger partial charge < -0.3 is 20.3 Å². The van der Waals surface area contributed by atoms with E-state index in [0.29, 0.717) is 18.6 Å². The Labute approximate surface area is 129 Å². The van der Waals surface area contributed by atoms with Crippen molar-refractivity contribution in [3.8, 4) is 0 Å². The highest BCUT2D eigenvalue weighted by molar-refractivity contribution is 5.67. The van der Waals surface area contributed by atoms with Crippen LogP contribution >= 0.6 is 0 Å². The van der Waals surface area contributed by atoms with Crippen molar-refractivity contribution in [3.63, 3.8) is 0 Å². The van der Waals surface area contributed by atoms with E-state index < -0.39 is 5.60 Å². The molecule has 2 N–H and O–H groups in total. The van der Waals surface area contributed by atoms with E-state index in [4.69, 9.17) is 4.74 Å². The number of likely N-dealkylation sites (tertiary alicyclic amines) is 1. The van der Waals surface area contributed by atoms with Crippen molar-refractivity contribution in [2.45, 2.75) is 71.1 Å². The fourth-order valence-electron chi connectivity index (χ4n) is 2.75. The average Bonchev–Trinajstić information content (AvgIpc) is 2.34. The first-order valence-corrected chi connectivity index (χ1v) is 8.21. The second kappa shape index (κ2) is 8.59. The van der Waals surface area contributed by atoms with Gasteiger partial charge in [-0.3, -0.25) is 0 Å². The molecule has 0 bridgehead atoms. The van der Waals surface area contributed by atoms with Gasteiger partial charge in [0, 0.05) is 25.2 Å². The molecule has 0 aromatic rings. The van der Waals surface area contributed by atoms with E-state index in [1.807, 2.05) is 20.8 Å². The summed E-state index contributed by atoms with van der Waals surface area (Å²) < 4.78 is 5.29. The Balaban J connectivity index is 2.37. The van der Waals surface area contributed by atoms with Crippen molar-refractivity contribution in [2.24, 2.45) is 0 Å². The molecule has 0 saturated carbocycles. The van der Waals surface area contributed by atoms with Gasteiger partial charge in [-0.25, -0.2) is 4.79 Å². The van der Waals surface area contributed by atoms with Crippen LogP contribution in [0, 0.1) is 0 Å². The van der Waals surface area contributed by atoms with Gasteiger partial charge >= 0.3 is 6.09 Å². The molecule has 5 nitrogen and oxygen atoms in total. The first-order valence-electron chi connectivity index (χ1n) is 8.21. The number of amides is 1. The molecule has 1 rings (SSSR count). The maximum atomic E-state index is 11.7. The van der Waals surface area contributed by atoms with E-state index in [1.165, 1.54) is 19.4 Å². The van der Waals surface area contributed by atoms with Crippen LogP contribution in [0.5, 0.6) is 0 Å². The van der Waals surface area contributed by atoms with E-state index in [0.717, 1.165) is 19.4 Å². The summed E-state index contributed by atoms with van der Waals surface area (Å²) in [4.78, 5) is 14.1. The van der Waals surface area contributed by atoms with Gasteiger partial charge in [0.05, 0.1) is 0 Å². The smallest absolute Gasteiger partial charge is 0.407 e. The summed E-state index contributed by atoms with van der Waals surface area (Å²) in [5.74, 6) is 0. The molecule has 2 atom stereocenters. The Morgan fingerprint density at radius 3 is 2.71 bits per heavy atom. The minimum Gasteiger partial charge on any atom is -0.444 e. The first kappa shape index (κ1) is 18.2. The molecule has 0 aromatic carbocycles. The van der Waals surface area contributed by atoms with E-state index >= 15 is 0 Å². The van der Waals surface area contributed by atoms with Crippen LogP contribution in [0.1, 0.15) is 53.4 Å². The van der Waals surface area contributed by atoms with Gasteiger partial charge in [0.2, 0.25) is 0 Å². The predicted octanol–water partition coefficient (Wildman–Crippen LogP) is 2.36. The maximum Gasteiger partial charge on any atom is 0.407 e. The largest absolute Gasteiger partial charge is 0.444 e. The molecule has 1 heterocycles. The minimum absolute atomic E-state index is 0.319. The topological polar surface area (TPSA) is 53.6 Å². The molecular formula is C16H33N3O2. The first-order chi connectivity index (χ1) is 9.80. The fraction of sp³-hybridized carbons (Fsp3) is 0.938. The van der Waals surface area contributed by atoms with Crippen LogP contribution in [-0.2, 0) is 4.74 Å². The standard InChI is InChI=1S/C16H33N3O2/c1-6-8-13(11-17-15(20)21-16(2,3)4)18-14-9-7-10-19(5)12-14/h13-14,18H,6-12H2,1-5H3,(H,17,20). The highest BCUT2D eigenvalue weighted by Crippen LogP contribution is 2.10. The summed E-state index contributed by atoms with van der Waals surface area (Å²) in [5.41, 5.74) is -0.441. The van der Waals surface area contributed by atoms with Crippen LogP contribution in [-0.4, -0.2) is 55.4 Å². The number of alkyl carbamates (subject to hydrolysis) is 1. The average molecular weight is 299 g/mol. The third kappa shape index (κ3) is 8.27. The third-order valence-electron chi connectivity index (χ3n) is 3.62. The molecule has 124 valence electrons. The van der Waals surface area contributed by atoms with Crippen molar-refractivity contribution in [1.82, 2.24) is 15.5 Å². The zero-order chi connectivity index (χ0) is 15.9. The highest BCUT2D eigenvalue weighted by atomic mass is 16.6. The number of ether oxygens (including phenoxy) is 1. The van der Waals surface area contributed by atoms with Crippen molar-refractivity contribution in [2.75, 3.05) is 26.7 Å². The number of rotatable bonds is 6. The molecule has 0 aliphatic carbocycles. The van der Waals surface area contributed by atoms with Crippen LogP contribution < -0.4 is 10.6 Å². The van der Waals surface area contributed by atoms with E-state index in [1.54, 1.807) is 0 Å². The lowest BCUT2D eigenvalue weighted by atomic mass is 10.0. The second-order valence-corrected chi connectivity index (χ2v) is 7.14. The molecule has 5 heteroatoms. The van der Waals surface area contributed by atoms with Crippen molar-refractivity contribution in [3.05, 3.63) is 0 Å². The van der Waals surface area contributed by atoms with Gasteiger partial charge in [0.15, 0.2) is 0 Å². The quantitative estimate of drug-likeness (QED) is 0.790. The number of hydrogen-bond donors (Lipinski definition) is 2. The summed E-state index contributed by atoms with van der Waals surface area (Å²) in [5, 5.41) is 6.58. The number of carbonyl (C=O) groups is 1. The van der Waals surface area contributed by atoms with Crippen LogP contribution in [0.2, 0.25) is 0 Å². The van der Waals surface area contributed by atoms with Gasteiger partial charge in [-0.2, -0.15) is 0 Å². The van der Waals surface area contributed by atoms with Gasteiger partial charge in [0.25, 0.3) is 0 Å². The monoisotopic (exact) mass is 299 g/mol. The summed E-state index contributed by atoms with van der Waals surface area (Å²) >= 11 is 0.